The largest absolute Gasteiger partial charge is 0.399 e. The zero-order valence-corrected chi connectivity index (χ0v) is 48.5. The van der Waals surface area contributed by atoms with Gasteiger partial charge in [0.2, 0.25) is 0 Å². The highest BCUT2D eigenvalue weighted by molar-refractivity contribution is 6.10. The molecule has 90 heavy (non-hydrogen) atoms. The normalized spacial score (nSPS) is 12.8. The lowest BCUT2D eigenvalue weighted by Crippen LogP contribution is -2.28. The van der Waals surface area contributed by atoms with Gasteiger partial charge in [0.15, 0.2) is 0 Å². The molecule has 0 heterocycles. The summed E-state index contributed by atoms with van der Waals surface area (Å²) in [5.41, 5.74) is 43.1. The number of amides is 4. The molecule has 12 N–H and O–H groups in total. The van der Waals surface area contributed by atoms with E-state index in [1.165, 1.54) is 0 Å². The molecule has 0 aliphatic heterocycles. The van der Waals surface area contributed by atoms with E-state index in [4.69, 9.17) is 22.9 Å². The van der Waals surface area contributed by atoms with Crippen LogP contribution in [0.5, 0.6) is 0 Å². The second-order valence-corrected chi connectivity index (χ2v) is 22.7. The van der Waals surface area contributed by atoms with Crippen molar-refractivity contribution in [1.29, 1.82) is 0 Å². The number of hydrogen-bond acceptors (Lipinski definition) is 8. The first-order valence-electron chi connectivity index (χ1n) is 29.4. The Labute approximate surface area is 519 Å². The fraction of sp³-hybridized carbons (Fsp3) is 0.0256. The van der Waals surface area contributed by atoms with Crippen LogP contribution < -0.4 is 44.2 Å². The Balaban J connectivity index is 0.711. The van der Waals surface area contributed by atoms with Gasteiger partial charge in [-0.25, -0.2) is 0 Å². The molecule has 434 valence electrons. The molecule has 12 aromatic rings. The van der Waals surface area contributed by atoms with Gasteiger partial charge in [-0.1, -0.05) is 170 Å². The predicted molar refractivity (Wildman–Crippen MR) is 362 cm³/mol. The molecule has 4 amide bonds. The molecule has 2 aliphatic rings. The Bertz CT molecular complexity index is 4760. The van der Waals surface area contributed by atoms with E-state index in [9.17, 15) is 19.2 Å². The number of carbonyl (C=O) groups excluding carboxylic acids is 4. The fourth-order valence-corrected chi connectivity index (χ4v) is 13.3. The van der Waals surface area contributed by atoms with Crippen molar-refractivity contribution in [3.05, 3.63) is 346 Å². The summed E-state index contributed by atoms with van der Waals surface area (Å²) in [5, 5.41) is 12.2. The van der Waals surface area contributed by atoms with Crippen molar-refractivity contribution in [2.24, 2.45) is 0 Å². The molecule has 12 heteroatoms. The lowest BCUT2D eigenvalue weighted by Gasteiger charge is -2.34. The summed E-state index contributed by atoms with van der Waals surface area (Å²) >= 11 is 0. The van der Waals surface area contributed by atoms with Gasteiger partial charge in [-0.05, 0) is 187 Å². The minimum atomic E-state index is -0.753. The average molecular weight is 1170 g/mol. The van der Waals surface area contributed by atoms with Crippen LogP contribution in [0.2, 0.25) is 0 Å². The van der Waals surface area contributed by atoms with Gasteiger partial charge < -0.3 is 44.2 Å². The summed E-state index contributed by atoms with van der Waals surface area (Å²) in [5.74, 6) is -1.36. The first kappa shape index (κ1) is 55.6. The van der Waals surface area contributed by atoms with Crippen LogP contribution in [0.25, 0.3) is 33.4 Å². The lowest BCUT2D eigenvalue weighted by molar-refractivity contribution is 0.101. The van der Waals surface area contributed by atoms with Crippen LogP contribution >= 0.6 is 0 Å². The average Bonchev–Trinajstić information content (AvgIpc) is 1.54. The summed E-state index contributed by atoms with van der Waals surface area (Å²) in [6.07, 6.45) is 0. The highest BCUT2D eigenvalue weighted by Gasteiger charge is 2.47. The fourth-order valence-electron chi connectivity index (χ4n) is 13.3. The monoisotopic (exact) mass is 1170 g/mol. The van der Waals surface area contributed by atoms with Crippen molar-refractivity contribution in [2.75, 3.05) is 44.2 Å². The molecular weight excluding hydrogens is 1110 g/mol. The summed E-state index contributed by atoms with van der Waals surface area (Å²) in [6.45, 7) is 0. The molecule has 2 aliphatic carbocycles. The van der Waals surface area contributed by atoms with Gasteiger partial charge in [0.25, 0.3) is 23.6 Å². The Morgan fingerprint density at radius 3 is 1.07 bits per heavy atom. The number of nitrogen functional groups attached to an aromatic ring is 4. The predicted octanol–water partition coefficient (Wildman–Crippen LogP) is 15.4. The Kier molecular flexibility index (Phi) is 13.9. The number of rotatable bonds is 13. The molecule has 12 aromatic carbocycles. The molecule has 0 atom stereocenters. The van der Waals surface area contributed by atoms with E-state index in [2.05, 4.69) is 94.1 Å². The van der Waals surface area contributed by atoms with Gasteiger partial charge in [0.05, 0.1) is 22.0 Å². The van der Waals surface area contributed by atoms with Crippen LogP contribution in [0.3, 0.4) is 0 Å². The maximum atomic E-state index is 14.3. The number of fused-ring (bicyclic) bond motifs is 6. The first-order valence-corrected chi connectivity index (χ1v) is 29.4. The van der Waals surface area contributed by atoms with E-state index in [0.717, 1.165) is 66.8 Å². The summed E-state index contributed by atoms with van der Waals surface area (Å²) in [4.78, 5) is 55.1. The highest BCUT2D eigenvalue weighted by atomic mass is 16.2. The van der Waals surface area contributed by atoms with Crippen LogP contribution in [-0.2, 0) is 10.8 Å². The van der Waals surface area contributed by atoms with Crippen LogP contribution in [0.4, 0.5) is 45.5 Å². The third-order valence-electron chi connectivity index (χ3n) is 17.4. The molecule has 0 bridgehead atoms. The van der Waals surface area contributed by atoms with Crippen molar-refractivity contribution >= 4 is 69.1 Å². The number of benzene rings is 12. The standard InChI is InChI=1S/C78H58N8O4/c79-55-13-11-12-48(43-55)73(87)83-57-33-25-51(26-34-57)77(67-19-6-1-14-61(67)62-15-2-7-20-68(62)77)52-27-35-58(36-28-52)84-74(88)50-42-49(44-56(80)45-50)47-24-41-72(82)66(46-47)76(90)86-60-39-31-54(32-40-60)78(69-21-8-3-16-63(69)64-17-4-9-22-70(64)78)53-29-37-59(38-30-53)85-75(89)65-18-5-10-23-71(65)81/h1-46H,79-82H2,(H,83,87)(H,84,88)(H,85,89)(H,86,90). The molecule has 0 unspecified atom stereocenters. The van der Waals surface area contributed by atoms with Crippen LogP contribution in [-0.4, -0.2) is 23.6 Å². The number of nitrogens with one attached hydrogen (secondary N) is 4. The van der Waals surface area contributed by atoms with Crippen molar-refractivity contribution in [1.82, 2.24) is 0 Å². The lowest BCUT2D eigenvalue weighted by atomic mass is 9.67. The third kappa shape index (κ3) is 9.61. The smallest absolute Gasteiger partial charge is 0.257 e. The van der Waals surface area contributed by atoms with Gasteiger partial charge in [0, 0.05) is 56.6 Å². The molecule has 12 nitrogen and oxygen atoms in total. The van der Waals surface area contributed by atoms with Crippen molar-refractivity contribution < 1.29 is 19.2 Å². The van der Waals surface area contributed by atoms with Crippen LogP contribution in [0.15, 0.2) is 279 Å². The topological polar surface area (TPSA) is 220 Å². The molecule has 0 radical (unpaired) electrons. The van der Waals surface area contributed by atoms with Crippen molar-refractivity contribution in [3.8, 4) is 33.4 Å². The van der Waals surface area contributed by atoms with E-state index in [1.54, 1.807) is 84.9 Å². The van der Waals surface area contributed by atoms with Gasteiger partial charge in [-0.3, -0.25) is 19.2 Å². The second kappa shape index (κ2) is 22.5. The Morgan fingerprint density at radius 2 is 0.633 bits per heavy atom. The molecule has 0 saturated heterocycles. The van der Waals surface area contributed by atoms with Gasteiger partial charge >= 0.3 is 0 Å². The first-order chi connectivity index (χ1) is 43.9. The number of nitrogens with two attached hydrogens (primary N) is 4. The van der Waals surface area contributed by atoms with E-state index < -0.39 is 16.7 Å². The molecular formula is C78H58N8O4. The number of anilines is 8. The van der Waals surface area contributed by atoms with E-state index >= 15 is 0 Å². The zero-order chi connectivity index (χ0) is 61.7. The summed E-state index contributed by atoms with van der Waals surface area (Å²) < 4.78 is 0. The molecule has 0 fully saturated rings. The van der Waals surface area contributed by atoms with Gasteiger partial charge in [0.1, 0.15) is 0 Å². The SMILES string of the molecule is Nc1cccc(C(=O)Nc2ccc(C3(c4ccc(NC(=O)c5cc(N)cc(-c6ccc(N)c(C(=O)Nc7ccc(C8(c9ccc(NC(=O)c%10ccccc%10N)cc9)c9ccccc9-c9ccccc98)cc7)c6)c5)cc4)c4ccccc4-c4ccccc43)cc2)c1. The minimum Gasteiger partial charge on any atom is -0.399 e. The summed E-state index contributed by atoms with van der Waals surface area (Å²) in [6, 6.07) is 89.4. The second-order valence-electron chi connectivity index (χ2n) is 22.7. The molecule has 0 aromatic heterocycles. The zero-order valence-electron chi connectivity index (χ0n) is 48.5. The van der Waals surface area contributed by atoms with E-state index in [0.29, 0.717) is 67.6 Å². The maximum Gasteiger partial charge on any atom is 0.257 e. The number of carbonyl (C=O) groups is 4. The quantitative estimate of drug-likeness (QED) is 0.0518. The minimum absolute atomic E-state index is 0.240. The van der Waals surface area contributed by atoms with Crippen molar-refractivity contribution in [3.63, 3.8) is 0 Å². The van der Waals surface area contributed by atoms with E-state index in [1.807, 2.05) is 121 Å². The molecule has 0 spiro atoms. The van der Waals surface area contributed by atoms with Gasteiger partial charge in [-0.15, -0.1) is 0 Å². The molecule has 14 rings (SSSR count). The van der Waals surface area contributed by atoms with Crippen LogP contribution in [0, 0.1) is 0 Å². The number of hydrogen-bond donors (Lipinski definition) is 8. The molecule has 0 saturated carbocycles. The Hall–Kier alpha value is -12.3. The van der Waals surface area contributed by atoms with Gasteiger partial charge in [-0.2, -0.15) is 0 Å². The number of para-hydroxylation sites is 1. The summed E-state index contributed by atoms with van der Waals surface area (Å²) in [7, 11) is 0. The van der Waals surface area contributed by atoms with Crippen LogP contribution in [0.1, 0.15) is 85.9 Å². The third-order valence-corrected chi connectivity index (χ3v) is 17.4. The van der Waals surface area contributed by atoms with E-state index in [-0.39, 0.29) is 29.0 Å². The maximum absolute atomic E-state index is 14.3. The Morgan fingerprint density at radius 1 is 0.267 bits per heavy atom. The highest BCUT2D eigenvalue weighted by Crippen LogP contribution is 2.58. The van der Waals surface area contributed by atoms with Crippen molar-refractivity contribution in [2.45, 2.75) is 10.8 Å².